The molecular weight excluding hydrogens is 459 g/mol. The van der Waals surface area contributed by atoms with Gasteiger partial charge in [-0.25, -0.2) is 9.97 Å². The van der Waals surface area contributed by atoms with E-state index in [2.05, 4.69) is 21.0 Å². The van der Waals surface area contributed by atoms with Crippen molar-refractivity contribution in [2.24, 2.45) is 5.73 Å². The number of nitrogens with one attached hydrogen (secondary N) is 1. The Bertz CT molecular complexity index is 1650. The van der Waals surface area contributed by atoms with Gasteiger partial charge in [-0.1, -0.05) is 35.3 Å². The van der Waals surface area contributed by atoms with Crippen molar-refractivity contribution >= 4 is 45.0 Å². The van der Waals surface area contributed by atoms with Gasteiger partial charge in [0.15, 0.2) is 5.82 Å². The minimum atomic E-state index is -0.382. The van der Waals surface area contributed by atoms with Crippen molar-refractivity contribution in [3.63, 3.8) is 0 Å². The van der Waals surface area contributed by atoms with E-state index in [-0.39, 0.29) is 16.8 Å². The van der Waals surface area contributed by atoms with Crippen LogP contribution in [0.5, 0.6) is 0 Å². The van der Waals surface area contributed by atoms with Crippen LogP contribution in [-0.2, 0) is 0 Å². The summed E-state index contributed by atoms with van der Waals surface area (Å²) in [6, 6.07) is 16.1. The predicted molar refractivity (Wildman–Crippen MR) is 130 cm³/mol. The number of aromatic nitrogens is 4. The van der Waals surface area contributed by atoms with E-state index in [9.17, 15) is 10.1 Å². The van der Waals surface area contributed by atoms with E-state index in [4.69, 9.17) is 28.9 Å². The molecule has 1 atom stereocenters. The highest BCUT2D eigenvalue weighted by Gasteiger charge is 2.17. The average molecular weight is 475 g/mol. The number of hydrogen-bond acceptors (Lipinski definition) is 5. The maximum Gasteiger partial charge on any atom is 0.264 e. The highest BCUT2D eigenvalue weighted by atomic mass is 35.5. The van der Waals surface area contributed by atoms with Crippen LogP contribution in [0.2, 0.25) is 10.2 Å². The number of nitrogens with zero attached hydrogens (tertiary/aromatic N) is 4. The third-order valence-electron chi connectivity index (χ3n) is 5.48. The van der Waals surface area contributed by atoms with Crippen molar-refractivity contribution in [3.8, 4) is 23.1 Å². The van der Waals surface area contributed by atoms with Crippen molar-refractivity contribution in [3.05, 3.63) is 86.5 Å². The molecule has 5 aromatic rings. The van der Waals surface area contributed by atoms with Gasteiger partial charge in [0.05, 0.1) is 21.4 Å². The Labute approximate surface area is 198 Å². The lowest BCUT2D eigenvalue weighted by Gasteiger charge is -2.18. The van der Waals surface area contributed by atoms with Crippen molar-refractivity contribution in [2.45, 2.75) is 13.0 Å². The largest absolute Gasteiger partial charge is 0.345 e. The van der Waals surface area contributed by atoms with Crippen LogP contribution < -0.4 is 11.3 Å². The van der Waals surface area contributed by atoms with Crippen molar-refractivity contribution in [1.29, 1.82) is 5.26 Å². The molecule has 7 nitrogen and oxygen atoms in total. The second-order valence-corrected chi connectivity index (χ2v) is 8.39. The van der Waals surface area contributed by atoms with Gasteiger partial charge in [-0.3, -0.25) is 9.36 Å². The maximum absolute atomic E-state index is 13.4. The standard InChI is InChI=1S/C24H16Cl2N6O/c1-12(28)18-9-14-3-2-4-17(25)19(14)24(33)32(18)16-7-5-13(6-8-16)22-30-21(26)20-15(10-27)11-29-23(20)31-22/h2-9,11-12H,28H2,1H3,(H,29,30,31)/t12-/m0/s1. The average Bonchev–Trinajstić information content (AvgIpc) is 3.23. The molecule has 0 aliphatic heterocycles. The van der Waals surface area contributed by atoms with Crippen LogP contribution in [0.3, 0.4) is 0 Å². The van der Waals surface area contributed by atoms with Crippen LogP contribution in [0.15, 0.2) is 59.5 Å². The first-order valence-electron chi connectivity index (χ1n) is 10.0. The third-order valence-corrected chi connectivity index (χ3v) is 6.07. The van der Waals surface area contributed by atoms with Gasteiger partial charge < -0.3 is 10.7 Å². The van der Waals surface area contributed by atoms with E-state index < -0.39 is 0 Å². The minimum Gasteiger partial charge on any atom is -0.345 e. The second kappa shape index (κ2) is 8.01. The van der Waals surface area contributed by atoms with E-state index in [1.807, 2.05) is 19.1 Å². The zero-order chi connectivity index (χ0) is 23.3. The smallest absolute Gasteiger partial charge is 0.264 e. The summed E-state index contributed by atoms with van der Waals surface area (Å²) in [5.41, 5.74) is 8.82. The first-order chi connectivity index (χ1) is 15.9. The van der Waals surface area contributed by atoms with Gasteiger partial charge >= 0.3 is 0 Å². The number of hydrogen-bond donors (Lipinski definition) is 2. The lowest BCUT2D eigenvalue weighted by atomic mass is 10.1. The van der Waals surface area contributed by atoms with E-state index >= 15 is 0 Å². The molecule has 0 bridgehead atoms. The van der Waals surface area contributed by atoms with Gasteiger partial charge in [0.25, 0.3) is 5.56 Å². The first kappa shape index (κ1) is 21.2. The highest BCUT2D eigenvalue weighted by Crippen LogP contribution is 2.28. The zero-order valence-electron chi connectivity index (χ0n) is 17.3. The van der Waals surface area contributed by atoms with E-state index in [0.717, 1.165) is 5.39 Å². The van der Waals surface area contributed by atoms with Crippen LogP contribution >= 0.6 is 23.2 Å². The molecule has 0 aliphatic carbocycles. The van der Waals surface area contributed by atoms with Crippen molar-refractivity contribution in [2.75, 3.05) is 0 Å². The van der Waals surface area contributed by atoms with E-state index in [1.165, 1.54) is 0 Å². The van der Waals surface area contributed by atoms with Gasteiger partial charge in [-0.15, -0.1) is 0 Å². The molecule has 0 fully saturated rings. The molecule has 5 rings (SSSR count). The summed E-state index contributed by atoms with van der Waals surface area (Å²) in [6.45, 7) is 1.83. The molecule has 0 radical (unpaired) electrons. The van der Waals surface area contributed by atoms with E-state index in [0.29, 0.717) is 49.8 Å². The fraction of sp³-hybridized carbons (Fsp3) is 0.0833. The van der Waals surface area contributed by atoms with Crippen LogP contribution in [-0.4, -0.2) is 19.5 Å². The van der Waals surface area contributed by atoms with Crippen LogP contribution in [0.4, 0.5) is 0 Å². The van der Waals surface area contributed by atoms with Crippen LogP contribution in [0.25, 0.3) is 38.9 Å². The first-order valence-corrected chi connectivity index (χ1v) is 10.8. The summed E-state index contributed by atoms with van der Waals surface area (Å²) < 4.78 is 1.57. The number of aromatic amines is 1. The van der Waals surface area contributed by atoms with Crippen LogP contribution in [0.1, 0.15) is 24.2 Å². The van der Waals surface area contributed by atoms with Gasteiger partial charge in [0, 0.05) is 29.2 Å². The third kappa shape index (κ3) is 3.45. The van der Waals surface area contributed by atoms with Gasteiger partial charge in [-0.2, -0.15) is 5.26 Å². The molecule has 0 aliphatic rings. The van der Waals surface area contributed by atoms with Gasteiger partial charge in [0.2, 0.25) is 0 Å². The van der Waals surface area contributed by atoms with Crippen molar-refractivity contribution in [1.82, 2.24) is 19.5 Å². The second-order valence-electron chi connectivity index (χ2n) is 7.63. The number of fused-ring (bicyclic) bond motifs is 2. The summed E-state index contributed by atoms with van der Waals surface area (Å²) in [5, 5.41) is 11.5. The predicted octanol–water partition coefficient (Wildman–Crippen LogP) is 5.13. The Morgan fingerprint density at radius 2 is 1.88 bits per heavy atom. The van der Waals surface area contributed by atoms with Gasteiger partial charge in [-0.05, 0) is 48.7 Å². The number of nitrogens with two attached hydrogens (primary N) is 1. The number of pyridine rings is 1. The van der Waals surface area contributed by atoms with Crippen LogP contribution in [0, 0.1) is 11.3 Å². The molecule has 3 aromatic heterocycles. The monoisotopic (exact) mass is 474 g/mol. The minimum absolute atomic E-state index is 0.191. The number of benzene rings is 2. The number of rotatable bonds is 3. The fourth-order valence-electron chi connectivity index (χ4n) is 3.91. The molecule has 3 heterocycles. The molecule has 3 N–H and O–H groups in total. The number of halogens is 2. The Hall–Kier alpha value is -3.70. The normalized spacial score (nSPS) is 12.2. The van der Waals surface area contributed by atoms with Gasteiger partial charge in [0.1, 0.15) is 16.9 Å². The molecule has 0 saturated heterocycles. The zero-order valence-corrected chi connectivity index (χ0v) is 18.8. The molecule has 0 unspecified atom stereocenters. The molecule has 0 amide bonds. The molecule has 33 heavy (non-hydrogen) atoms. The summed E-state index contributed by atoms with van der Waals surface area (Å²) >= 11 is 12.7. The highest BCUT2D eigenvalue weighted by molar-refractivity contribution is 6.35. The molecular formula is C24H16Cl2N6O. The summed E-state index contributed by atoms with van der Waals surface area (Å²) in [6.07, 6.45) is 1.55. The molecule has 2 aromatic carbocycles. The summed E-state index contributed by atoms with van der Waals surface area (Å²) in [4.78, 5) is 25.2. The maximum atomic E-state index is 13.4. The Kier molecular flexibility index (Phi) is 5.14. The number of H-pyrrole nitrogens is 1. The van der Waals surface area contributed by atoms with E-state index in [1.54, 1.807) is 47.2 Å². The SMILES string of the molecule is C[C@H](N)c1cc2cccc(Cl)c2c(=O)n1-c1ccc(-c2nc(Cl)c3c(C#N)c[nH]c3n2)cc1. The summed E-state index contributed by atoms with van der Waals surface area (Å²) in [7, 11) is 0. The lowest BCUT2D eigenvalue weighted by Crippen LogP contribution is -2.25. The fourth-order valence-corrected chi connectivity index (χ4v) is 4.44. The topological polar surface area (TPSA) is 113 Å². The Morgan fingerprint density at radius 3 is 2.58 bits per heavy atom. The molecule has 9 heteroatoms. The Morgan fingerprint density at radius 1 is 1.12 bits per heavy atom. The lowest BCUT2D eigenvalue weighted by molar-refractivity contribution is 0.734. The molecule has 0 saturated carbocycles. The number of nitriles is 1. The quantitative estimate of drug-likeness (QED) is 0.352. The Balaban J connectivity index is 1.65. The molecule has 162 valence electrons. The summed E-state index contributed by atoms with van der Waals surface area (Å²) in [5.74, 6) is 0.395. The molecule has 0 spiro atoms. The van der Waals surface area contributed by atoms with Crippen molar-refractivity contribution < 1.29 is 0 Å².